The Morgan fingerprint density at radius 1 is 1.28 bits per heavy atom. The molecule has 1 spiro atoms. The normalized spacial score (nSPS) is 30.1. The molecule has 1 aromatic rings. The van der Waals surface area contributed by atoms with Gasteiger partial charge in [0, 0.05) is 30.3 Å². The maximum atomic E-state index is 14.0. The third kappa shape index (κ3) is 2.75. The van der Waals surface area contributed by atoms with Gasteiger partial charge in [0.25, 0.3) is 0 Å². The van der Waals surface area contributed by atoms with Gasteiger partial charge in [0.05, 0.1) is 11.8 Å². The van der Waals surface area contributed by atoms with Gasteiger partial charge in [0.2, 0.25) is 23.6 Å². The van der Waals surface area contributed by atoms with Crippen LogP contribution in [-0.4, -0.2) is 41.1 Å². The van der Waals surface area contributed by atoms with Crippen LogP contribution < -0.4 is 16.4 Å². The van der Waals surface area contributed by atoms with E-state index in [0.29, 0.717) is 17.7 Å². The largest absolute Gasteiger partial charge is 0.370 e. The van der Waals surface area contributed by atoms with Crippen molar-refractivity contribution in [2.24, 2.45) is 17.6 Å². The van der Waals surface area contributed by atoms with Gasteiger partial charge in [0.1, 0.15) is 11.4 Å². The van der Waals surface area contributed by atoms with Crippen LogP contribution in [0.3, 0.4) is 0 Å². The van der Waals surface area contributed by atoms with Gasteiger partial charge in [-0.15, -0.1) is 0 Å². The monoisotopic (exact) mass is 402 g/mol. The summed E-state index contributed by atoms with van der Waals surface area (Å²) in [6.07, 6.45) is 1.66. The fourth-order valence-electron chi connectivity index (χ4n) is 4.92. The van der Waals surface area contributed by atoms with Crippen LogP contribution in [0.2, 0.25) is 0 Å². The number of carbonyl (C=O) groups excluding carboxylic acids is 4. The minimum atomic E-state index is -1.54. The van der Waals surface area contributed by atoms with Crippen molar-refractivity contribution in [1.29, 1.82) is 0 Å². The lowest BCUT2D eigenvalue weighted by Gasteiger charge is -2.29. The van der Waals surface area contributed by atoms with E-state index in [2.05, 4.69) is 10.6 Å². The summed E-state index contributed by atoms with van der Waals surface area (Å²) in [5, 5.41) is 5.85. The molecule has 4 amide bonds. The Bertz CT molecular complexity index is 920. The molecule has 0 radical (unpaired) electrons. The molecule has 0 bridgehead atoms. The summed E-state index contributed by atoms with van der Waals surface area (Å²) in [5.41, 5.74) is 4.46. The number of amides is 4. The number of benzene rings is 1. The van der Waals surface area contributed by atoms with Crippen LogP contribution in [-0.2, 0) is 24.7 Å². The van der Waals surface area contributed by atoms with Gasteiger partial charge < -0.3 is 11.1 Å². The number of fused-ring (bicyclic) bond motifs is 4. The van der Waals surface area contributed by atoms with Gasteiger partial charge in [-0.05, 0) is 31.0 Å². The molecule has 4 rings (SSSR count). The van der Waals surface area contributed by atoms with E-state index in [1.54, 1.807) is 0 Å². The number of carbonyl (C=O) groups is 4. The molecule has 2 saturated heterocycles. The molecule has 0 aromatic heterocycles. The molecule has 3 heterocycles. The molecule has 8 nitrogen and oxygen atoms in total. The van der Waals surface area contributed by atoms with Crippen LogP contribution in [0.1, 0.15) is 38.2 Å². The first-order chi connectivity index (χ1) is 13.8. The van der Waals surface area contributed by atoms with E-state index in [1.807, 2.05) is 6.92 Å². The maximum Gasteiger partial charge on any atom is 0.250 e. The summed E-state index contributed by atoms with van der Waals surface area (Å²) in [6, 6.07) is 3.29. The maximum absolute atomic E-state index is 14.0. The first kappa shape index (κ1) is 19.5. The molecular formula is C20H23FN4O4. The van der Waals surface area contributed by atoms with Crippen LogP contribution in [0.15, 0.2) is 18.2 Å². The minimum absolute atomic E-state index is 0.00498. The standard InChI is InChI=1S/C20H23FN4O4/c1-2-3-8-25-17(27)15-13(6-7-14(22)26)24-20(16(15)18(25)28)11-9-10(21)4-5-12(11)23-19(20)29/h4-5,9,13,15-16,24H,2-3,6-8H2,1H3,(H2,22,26)(H,23,29)/t13-,15-,16+,20-/m1/s1. The third-order valence-corrected chi connectivity index (χ3v) is 6.21. The second-order valence-electron chi connectivity index (χ2n) is 7.89. The van der Waals surface area contributed by atoms with Crippen molar-refractivity contribution in [3.05, 3.63) is 29.6 Å². The molecular weight excluding hydrogens is 379 g/mol. The predicted molar refractivity (Wildman–Crippen MR) is 101 cm³/mol. The number of anilines is 1. The first-order valence-corrected chi connectivity index (χ1v) is 9.84. The van der Waals surface area contributed by atoms with Crippen LogP contribution in [0.4, 0.5) is 10.1 Å². The van der Waals surface area contributed by atoms with Crippen molar-refractivity contribution in [1.82, 2.24) is 10.2 Å². The Morgan fingerprint density at radius 2 is 2.03 bits per heavy atom. The average Bonchev–Trinajstić information content (AvgIpc) is 3.24. The van der Waals surface area contributed by atoms with Crippen molar-refractivity contribution in [2.45, 2.75) is 44.2 Å². The topological polar surface area (TPSA) is 122 Å². The molecule has 0 saturated carbocycles. The molecule has 29 heavy (non-hydrogen) atoms. The second-order valence-corrected chi connectivity index (χ2v) is 7.89. The van der Waals surface area contributed by atoms with Crippen LogP contribution in [0, 0.1) is 17.7 Å². The van der Waals surface area contributed by atoms with Gasteiger partial charge in [0.15, 0.2) is 0 Å². The quantitative estimate of drug-likeness (QED) is 0.602. The van der Waals surface area contributed by atoms with E-state index in [4.69, 9.17) is 5.73 Å². The van der Waals surface area contributed by atoms with Crippen LogP contribution in [0.25, 0.3) is 0 Å². The Labute approximate surface area is 167 Å². The summed E-state index contributed by atoms with van der Waals surface area (Å²) in [5.74, 6) is -4.16. The number of imide groups is 1. The SMILES string of the molecule is CCCCN1C(=O)[C@H]2[C@@H](C1=O)[C@@]1(N[C@@H]2CCC(N)=O)C(=O)Nc2ccc(F)cc21. The summed E-state index contributed by atoms with van der Waals surface area (Å²) < 4.78 is 14.0. The molecule has 0 unspecified atom stereocenters. The lowest BCUT2D eigenvalue weighted by atomic mass is 9.76. The van der Waals surface area contributed by atoms with E-state index in [0.717, 1.165) is 6.42 Å². The number of likely N-dealkylation sites (tertiary alicyclic amines) is 1. The molecule has 154 valence electrons. The fourth-order valence-corrected chi connectivity index (χ4v) is 4.92. The Balaban J connectivity index is 1.81. The number of hydrogen-bond acceptors (Lipinski definition) is 5. The number of unbranched alkanes of at least 4 members (excludes halogenated alkanes) is 1. The van der Waals surface area contributed by atoms with Gasteiger partial charge in [-0.1, -0.05) is 13.3 Å². The summed E-state index contributed by atoms with van der Waals surface area (Å²) in [7, 11) is 0. The Morgan fingerprint density at radius 3 is 2.72 bits per heavy atom. The van der Waals surface area contributed by atoms with Crippen LogP contribution in [0.5, 0.6) is 0 Å². The van der Waals surface area contributed by atoms with E-state index in [-0.39, 0.29) is 25.3 Å². The molecule has 3 aliphatic heterocycles. The molecule has 4 N–H and O–H groups in total. The number of primary amides is 1. The van der Waals surface area contributed by atoms with Gasteiger partial charge in [-0.3, -0.25) is 29.4 Å². The Hall–Kier alpha value is -2.81. The summed E-state index contributed by atoms with van der Waals surface area (Å²) >= 11 is 0. The third-order valence-electron chi connectivity index (χ3n) is 6.21. The molecule has 4 atom stereocenters. The minimum Gasteiger partial charge on any atom is -0.370 e. The molecule has 2 fully saturated rings. The fraction of sp³-hybridized carbons (Fsp3) is 0.500. The zero-order valence-corrected chi connectivity index (χ0v) is 16.0. The van der Waals surface area contributed by atoms with Crippen molar-refractivity contribution >= 4 is 29.3 Å². The molecule has 9 heteroatoms. The molecule has 0 aliphatic carbocycles. The van der Waals surface area contributed by atoms with Crippen molar-refractivity contribution < 1.29 is 23.6 Å². The van der Waals surface area contributed by atoms with Crippen molar-refractivity contribution in [3.8, 4) is 0 Å². The van der Waals surface area contributed by atoms with Crippen LogP contribution >= 0.6 is 0 Å². The predicted octanol–water partition coefficient (Wildman–Crippen LogP) is 0.612. The van der Waals surface area contributed by atoms with E-state index in [1.165, 1.54) is 23.1 Å². The zero-order valence-electron chi connectivity index (χ0n) is 16.0. The van der Waals surface area contributed by atoms with Gasteiger partial charge in [-0.2, -0.15) is 0 Å². The lowest BCUT2D eigenvalue weighted by molar-refractivity contribution is -0.143. The number of nitrogens with zero attached hydrogens (tertiary/aromatic N) is 1. The Kier molecular flexibility index (Phi) is 4.65. The number of hydrogen-bond donors (Lipinski definition) is 3. The van der Waals surface area contributed by atoms with Crippen molar-refractivity contribution in [3.63, 3.8) is 0 Å². The highest BCUT2D eigenvalue weighted by Crippen LogP contribution is 2.53. The number of nitrogens with one attached hydrogen (secondary N) is 2. The average molecular weight is 402 g/mol. The van der Waals surface area contributed by atoms with E-state index in [9.17, 15) is 23.6 Å². The zero-order chi connectivity index (χ0) is 20.9. The highest BCUT2D eigenvalue weighted by atomic mass is 19.1. The highest BCUT2D eigenvalue weighted by Gasteiger charge is 2.70. The molecule has 3 aliphatic rings. The summed E-state index contributed by atoms with van der Waals surface area (Å²) in [6.45, 7) is 2.23. The van der Waals surface area contributed by atoms with E-state index >= 15 is 0 Å². The highest BCUT2D eigenvalue weighted by molar-refractivity contribution is 6.15. The lowest BCUT2D eigenvalue weighted by Crippen LogP contribution is -2.53. The number of halogens is 1. The first-order valence-electron chi connectivity index (χ1n) is 9.84. The number of rotatable bonds is 6. The van der Waals surface area contributed by atoms with Gasteiger partial charge >= 0.3 is 0 Å². The van der Waals surface area contributed by atoms with Crippen molar-refractivity contribution in [2.75, 3.05) is 11.9 Å². The summed E-state index contributed by atoms with van der Waals surface area (Å²) in [4.78, 5) is 52.0. The second kappa shape index (κ2) is 6.91. The molecule has 1 aromatic carbocycles. The van der Waals surface area contributed by atoms with Gasteiger partial charge in [-0.25, -0.2) is 4.39 Å². The number of nitrogens with two attached hydrogens (primary N) is 1. The van der Waals surface area contributed by atoms with E-state index < -0.39 is 47.0 Å². The smallest absolute Gasteiger partial charge is 0.250 e.